The molecule has 4 aliphatic rings. The third kappa shape index (κ3) is 3.95. The van der Waals surface area contributed by atoms with E-state index in [1.165, 1.54) is 14.0 Å². The predicted octanol–water partition coefficient (Wildman–Crippen LogP) is 3.75. The fourth-order valence-corrected chi connectivity index (χ4v) is 8.89. The molecular formula is C31H42O8. The van der Waals surface area contributed by atoms with Crippen molar-refractivity contribution in [3.05, 3.63) is 11.1 Å². The SMILES string of the molecule is COC(=O)[C@H](C)CC(=O)C[C@](C)(O)[C@H]1CC(=O)[C@@]2(C)C3=C(C(=O)C[C@]12C)[C@@]1(C)CCC(=O)C(C)(C)[C@@H]1CC3=O. The van der Waals surface area contributed by atoms with E-state index in [0.717, 1.165) is 0 Å². The molecule has 4 rings (SSSR count). The van der Waals surface area contributed by atoms with Crippen LogP contribution in [0.1, 0.15) is 93.4 Å². The summed E-state index contributed by atoms with van der Waals surface area (Å²) in [5.74, 6) is -3.24. The molecule has 2 fully saturated rings. The van der Waals surface area contributed by atoms with Gasteiger partial charge in [0.1, 0.15) is 17.3 Å². The molecule has 4 aliphatic carbocycles. The molecule has 39 heavy (non-hydrogen) atoms. The van der Waals surface area contributed by atoms with Gasteiger partial charge in [-0.05, 0) is 31.6 Å². The van der Waals surface area contributed by atoms with E-state index in [4.69, 9.17) is 4.74 Å². The molecule has 0 heterocycles. The van der Waals surface area contributed by atoms with Crippen molar-refractivity contribution in [3.63, 3.8) is 0 Å². The van der Waals surface area contributed by atoms with Crippen molar-refractivity contribution >= 4 is 34.9 Å². The molecule has 8 heteroatoms. The first-order valence-corrected chi connectivity index (χ1v) is 14.0. The minimum atomic E-state index is -1.64. The summed E-state index contributed by atoms with van der Waals surface area (Å²) >= 11 is 0. The van der Waals surface area contributed by atoms with E-state index in [2.05, 4.69) is 0 Å². The number of methoxy groups -OCH3 is 1. The molecule has 0 aromatic heterocycles. The maximum Gasteiger partial charge on any atom is 0.308 e. The van der Waals surface area contributed by atoms with E-state index in [-0.39, 0.29) is 72.5 Å². The van der Waals surface area contributed by atoms with Crippen LogP contribution in [0, 0.1) is 39.4 Å². The number of carbonyl (C=O) groups excluding carboxylic acids is 6. The van der Waals surface area contributed by atoms with Crippen molar-refractivity contribution in [1.82, 2.24) is 0 Å². The normalized spacial score (nSPS) is 38.0. The third-order valence-electron chi connectivity index (χ3n) is 11.3. The first-order chi connectivity index (χ1) is 17.8. The largest absolute Gasteiger partial charge is 0.469 e. The van der Waals surface area contributed by atoms with Crippen LogP contribution < -0.4 is 0 Å². The van der Waals surface area contributed by atoms with E-state index in [0.29, 0.717) is 18.4 Å². The molecule has 0 spiro atoms. The van der Waals surface area contributed by atoms with Gasteiger partial charge in [0, 0.05) is 66.4 Å². The molecular weight excluding hydrogens is 500 g/mol. The van der Waals surface area contributed by atoms with Crippen molar-refractivity contribution in [2.24, 2.45) is 39.4 Å². The molecule has 0 bridgehead atoms. The number of Topliss-reactive ketones (excluding diaryl/α,β-unsaturated/α-hetero) is 5. The number of aliphatic hydroxyl groups is 1. The van der Waals surface area contributed by atoms with Gasteiger partial charge in [-0.1, -0.05) is 34.6 Å². The predicted molar refractivity (Wildman–Crippen MR) is 141 cm³/mol. The maximum atomic E-state index is 14.1. The Hall–Kier alpha value is -2.48. The smallest absolute Gasteiger partial charge is 0.308 e. The lowest BCUT2D eigenvalue weighted by Gasteiger charge is -2.58. The summed E-state index contributed by atoms with van der Waals surface area (Å²) in [5.41, 5.74) is -4.84. The van der Waals surface area contributed by atoms with Crippen LogP contribution in [0.2, 0.25) is 0 Å². The highest BCUT2D eigenvalue weighted by Gasteiger charge is 2.72. The molecule has 0 aromatic rings. The summed E-state index contributed by atoms with van der Waals surface area (Å²) in [7, 11) is 1.25. The van der Waals surface area contributed by atoms with Gasteiger partial charge in [0.25, 0.3) is 0 Å². The minimum Gasteiger partial charge on any atom is -0.469 e. The summed E-state index contributed by atoms with van der Waals surface area (Å²) in [5, 5.41) is 11.7. The van der Waals surface area contributed by atoms with Crippen molar-refractivity contribution in [2.75, 3.05) is 7.11 Å². The first kappa shape index (κ1) is 29.5. The molecule has 2 saturated carbocycles. The van der Waals surface area contributed by atoms with E-state index < -0.39 is 45.1 Å². The Kier molecular flexibility index (Phi) is 6.82. The number of rotatable bonds is 6. The summed E-state index contributed by atoms with van der Waals surface area (Å²) in [6.07, 6.45) is 0.342. The van der Waals surface area contributed by atoms with Gasteiger partial charge in [-0.3, -0.25) is 28.8 Å². The standard InChI is InChI=1S/C31H42O8/c1-16(26(37)39-8)11-17(32)14-30(6,38)21-13-23(36)31(7)25-18(33)12-20-27(2,3)22(35)9-10-28(20,4)24(25)19(34)15-29(21,31)5/h16,20-21,38H,9-15H2,1-8H3/t16-,20+,21+,28+,29-,30+,31+/m1/s1. The average molecular weight is 543 g/mol. The fraction of sp³-hybridized carbons (Fsp3) is 0.742. The zero-order valence-electron chi connectivity index (χ0n) is 24.5. The zero-order chi connectivity index (χ0) is 29.5. The number of carbonyl (C=O) groups is 6. The number of esters is 1. The van der Waals surface area contributed by atoms with Gasteiger partial charge in [-0.25, -0.2) is 0 Å². The quantitative estimate of drug-likeness (QED) is 0.502. The van der Waals surface area contributed by atoms with Gasteiger partial charge in [-0.2, -0.15) is 0 Å². The average Bonchev–Trinajstić information content (AvgIpc) is 3.03. The lowest BCUT2D eigenvalue weighted by molar-refractivity contribution is -0.150. The monoisotopic (exact) mass is 542 g/mol. The van der Waals surface area contributed by atoms with E-state index >= 15 is 0 Å². The van der Waals surface area contributed by atoms with Crippen molar-refractivity contribution in [1.29, 1.82) is 0 Å². The second kappa shape index (κ2) is 9.02. The molecule has 214 valence electrons. The Labute approximate surface area is 230 Å². The van der Waals surface area contributed by atoms with Gasteiger partial charge in [-0.15, -0.1) is 0 Å². The highest BCUT2D eigenvalue weighted by molar-refractivity contribution is 6.16. The molecule has 0 saturated heterocycles. The zero-order valence-corrected chi connectivity index (χ0v) is 24.5. The van der Waals surface area contributed by atoms with E-state index in [1.807, 2.05) is 20.8 Å². The fourth-order valence-electron chi connectivity index (χ4n) is 8.89. The molecule has 0 amide bonds. The minimum absolute atomic E-state index is 0.0361. The number of hydrogen-bond donors (Lipinski definition) is 1. The summed E-state index contributed by atoms with van der Waals surface area (Å²) in [4.78, 5) is 79.4. The molecule has 0 aliphatic heterocycles. The molecule has 0 radical (unpaired) electrons. The van der Waals surface area contributed by atoms with Crippen molar-refractivity contribution in [2.45, 2.75) is 99.0 Å². The molecule has 7 atom stereocenters. The van der Waals surface area contributed by atoms with Crippen LogP contribution in [0.4, 0.5) is 0 Å². The Balaban J connectivity index is 1.77. The van der Waals surface area contributed by atoms with Gasteiger partial charge in [0.15, 0.2) is 11.6 Å². The summed E-state index contributed by atoms with van der Waals surface area (Å²) in [6, 6.07) is 0. The van der Waals surface area contributed by atoms with E-state index in [9.17, 15) is 33.9 Å². The van der Waals surface area contributed by atoms with Crippen LogP contribution in [-0.2, 0) is 33.5 Å². The highest BCUT2D eigenvalue weighted by Crippen LogP contribution is 2.70. The van der Waals surface area contributed by atoms with Gasteiger partial charge in [0.05, 0.1) is 24.0 Å². The third-order valence-corrected chi connectivity index (χ3v) is 11.3. The van der Waals surface area contributed by atoms with E-state index in [1.54, 1.807) is 20.8 Å². The van der Waals surface area contributed by atoms with Crippen LogP contribution >= 0.6 is 0 Å². The molecule has 0 unspecified atom stereocenters. The number of fused-ring (bicyclic) bond motifs is 4. The lowest BCUT2D eigenvalue weighted by Crippen LogP contribution is -2.60. The maximum absolute atomic E-state index is 14.1. The van der Waals surface area contributed by atoms with Crippen molar-refractivity contribution in [3.8, 4) is 0 Å². The summed E-state index contributed by atoms with van der Waals surface area (Å²) in [6.45, 7) is 12.3. The van der Waals surface area contributed by atoms with Gasteiger partial charge in [0.2, 0.25) is 0 Å². The van der Waals surface area contributed by atoms with Crippen molar-refractivity contribution < 1.29 is 38.6 Å². The highest BCUT2D eigenvalue weighted by atomic mass is 16.5. The Morgan fingerprint density at radius 1 is 1.00 bits per heavy atom. The number of ether oxygens (including phenoxy) is 1. The Morgan fingerprint density at radius 3 is 2.21 bits per heavy atom. The second-order valence-electron chi connectivity index (χ2n) is 14.0. The van der Waals surface area contributed by atoms with Crippen LogP contribution in [0.25, 0.3) is 0 Å². The van der Waals surface area contributed by atoms with Crippen LogP contribution in [0.3, 0.4) is 0 Å². The number of hydrogen-bond acceptors (Lipinski definition) is 8. The number of allylic oxidation sites excluding steroid dienone is 2. The molecule has 8 nitrogen and oxygen atoms in total. The summed E-state index contributed by atoms with van der Waals surface area (Å²) < 4.78 is 4.70. The Morgan fingerprint density at radius 2 is 1.62 bits per heavy atom. The number of ketones is 5. The Bertz CT molecular complexity index is 1220. The van der Waals surface area contributed by atoms with Crippen LogP contribution in [0.15, 0.2) is 11.1 Å². The molecule has 1 N–H and O–H groups in total. The van der Waals surface area contributed by atoms with Gasteiger partial charge >= 0.3 is 5.97 Å². The topological polar surface area (TPSA) is 132 Å². The second-order valence-corrected chi connectivity index (χ2v) is 14.0. The van der Waals surface area contributed by atoms with Gasteiger partial charge < -0.3 is 9.84 Å². The van der Waals surface area contributed by atoms with Crippen LogP contribution in [-0.4, -0.2) is 52.7 Å². The lowest BCUT2D eigenvalue weighted by atomic mass is 9.42. The molecule has 0 aromatic carbocycles. The first-order valence-electron chi connectivity index (χ1n) is 14.0. The van der Waals surface area contributed by atoms with Crippen LogP contribution in [0.5, 0.6) is 0 Å².